The fraction of sp³-hybridized carbons (Fsp3) is 0.318. The van der Waals surface area contributed by atoms with Crippen LogP contribution in [0, 0.1) is 18.3 Å². The molecule has 0 aliphatic carbocycles. The molecular formula is C22H25N9O. The molecule has 0 amide bonds. The van der Waals surface area contributed by atoms with E-state index in [0.717, 1.165) is 16.8 Å². The number of anilines is 2. The zero-order chi connectivity index (χ0) is 23.2. The smallest absolute Gasteiger partial charge is 0.258 e. The first-order valence-electron chi connectivity index (χ1n) is 10.1. The molecule has 0 fully saturated rings. The Hall–Kier alpha value is -4.13. The summed E-state index contributed by atoms with van der Waals surface area (Å²) in [7, 11) is 7.39. The molecule has 2 bridgehead atoms. The first-order valence-corrected chi connectivity index (χ1v) is 10.1. The Morgan fingerprint density at radius 3 is 2.69 bits per heavy atom. The van der Waals surface area contributed by atoms with E-state index in [1.165, 1.54) is 10.9 Å². The number of guanidine groups is 1. The minimum absolute atomic E-state index is 0.168. The quantitative estimate of drug-likeness (QED) is 0.577. The number of hydrogen-bond acceptors (Lipinski definition) is 9. The van der Waals surface area contributed by atoms with Gasteiger partial charge in [0.25, 0.3) is 5.88 Å². The maximum Gasteiger partial charge on any atom is 0.258 e. The number of ether oxygens (including phenoxy) is 1. The van der Waals surface area contributed by atoms with Gasteiger partial charge in [0, 0.05) is 33.8 Å². The average Bonchev–Trinajstić information content (AvgIpc) is 3.09. The Bertz CT molecular complexity index is 1270. The maximum atomic E-state index is 9.82. The highest BCUT2D eigenvalue weighted by molar-refractivity contribution is 6.00. The molecule has 10 nitrogen and oxygen atoms in total. The van der Waals surface area contributed by atoms with E-state index in [0.29, 0.717) is 28.7 Å². The summed E-state index contributed by atoms with van der Waals surface area (Å²) in [5.41, 5.74) is 10.1. The fourth-order valence-corrected chi connectivity index (χ4v) is 3.71. The van der Waals surface area contributed by atoms with Gasteiger partial charge in [0.15, 0.2) is 11.6 Å². The number of rotatable bonds is 0. The van der Waals surface area contributed by atoms with Gasteiger partial charge in [0.2, 0.25) is 5.96 Å². The number of aromatic nitrogens is 4. The third kappa shape index (κ3) is 3.47. The maximum absolute atomic E-state index is 9.82. The summed E-state index contributed by atoms with van der Waals surface area (Å²) in [6.07, 6.45) is 1.13. The van der Waals surface area contributed by atoms with E-state index < -0.39 is 6.10 Å². The molecule has 0 spiro atoms. The lowest BCUT2D eigenvalue weighted by molar-refractivity contribution is 0.219. The minimum atomic E-state index is -0.391. The van der Waals surface area contributed by atoms with Crippen molar-refractivity contribution >= 4 is 23.3 Å². The van der Waals surface area contributed by atoms with E-state index in [2.05, 4.69) is 21.1 Å². The minimum Gasteiger partial charge on any atom is -0.467 e. The van der Waals surface area contributed by atoms with Crippen molar-refractivity contribution in [3.8, 4) is 23.2 Å². The predicted octanol–water partition coefficient (Wildman–Crippen LogP) is 2.78. The van der Waals surface area contributed by atoms with E-state index in [-0.39, 0.29) is 11.7 Å². The van der Waals surface area contributed by atoms with Crippen LogP contribution in [-0.4, -0.2) is 51.8 Å². The number of hydrogen-bond donors (Lipinski definition) is 1. The number of benzene rings is 1. The van der Waals surface area contributed by atoms with Crippen LogP contribution in [0.2, 0.25) is 0 Å². The summed E-state index contributed by atoms with van der Waals surface area (Å²) in [6.45, 7) is 3.94. The fourth-order valence-electron chi connectivity index (χ4n) is 3.71. The molecule has 1 aliphatic heterocycles. The van der Waals surface area contributed by atoms with Gasteiger partial charge in [-0.15, -0.1) is 0 Å². The number of fused-ring (bicyclic) bond motifs is 5. The summed E-state index contributed by atoms with van der Waals surface area (Å²) in [5.74, 6) is 1.52. The highest BCUT2D eigenvalue weighted by Gasteiger charge is 2.28. The molecule has 0 saturated carbocycles. The van der Waals surface area contributed by atoms with Crippen molar-refractivity contribution in [3.63, 3.8) is 0 Å². The molecule has 2 N–H and O–H groups in total. The number of nitrogens with zero attached hydrogens (tertiary/aromatic N) is 8. The van der Waals surface area contributed by atoms with Gasteiger partial charge in [-0.1, -0.05) is 17.7 Å². The Balaban J connectivity index is 2.08. The summed E-state index contributed by atoms with van der Waals surface area (Å²) in [4.78, 5) is 17.6. The second kappa shape index (κ2) is 7.85. The number of nitriles is 1. The molecule has 2 aromatic heterocycles. The van der Waals surface area contributed by atoms with Crippen LogP contribution in [0.3, 0.4) is 0 Å². The van der Waals surface area contributed by atoms with E-state index in [1.807, 2.05) is 63.0 Å². The largest absolute Gasteiger partial charge is 0.467 e. The summed E-state index contributed by atoms with van der Waals surface area (Å²) >= 11 is 0. The molecular weight excluding hydrogens is 406 g/mol. The molecule has 0 saturated heterocycles. The monoisotopic (exact) mass is 431 g/mol. The van der Waals surface area contributed by atoms with Crippen LogP contribution in [0.5, 0.6) is 5.88 Å². The second-order valence-corrected chi connectivity index (χ2v) is 7.92. The van der Waals surface area contributed by atoms with Crippen LogP contribution in [0.1, 0.15) is 29.8 Å². The second-order valence-electron chi connectivity index (χ2n) is 7.92. The normalized spacial score (nSPS) is 17.0. The van der Waals surface area contributed by atoms with Crippen LogP contribution in [0.4, 0.5) is 17.3 Å². The first kappa shape index (κ1) is 21.1. The number of nitrogens with two attached hydrogens (primary N) is 1. The standard InChI is InChI=1S/C22H25N9O/c1-12-7-8-15-14(9-12)13(2)32-21-19(24)25-11-16(26-21)18-17(10-23)31(6)28-20(18)30(5)22(27-15)29(3)4/h7-9,11,13H,1-6H3,(H2,24,25)/b27-22-/t13-/m1/s1. The lowest BCUT2D eigenvalue weighted by Crippen LogP contribution is -2.38. The predicted molar refractivity (Wildman–Crippen MR) is 123 cm³/mol. The lowest BCUT2D eigenvalue weighted by Gasteiger charge is -2.27. The SMILES string of the molecule is Cc1ccc2c(c1)[C@@H](C)Oc1nc(cnc1N)-c1c(nn(C)c1C#N)N(C)/C(N(C)C)=N\2. The zero-order valence-electron chi connectivity index (χ0n) is 19.0. The van der Waals surface area contributed by atoms with Gasteiger partial charge in [0.05, 0.1) is 23.1 Å². The summed E-state index contributed by atoms with van der Waals surface area (Å²) in [5, 5.41) is 14.4. The molecule has 0 radical (unpaired) electrons. The van der Waals surface area contributed by atoms with Crippen molar-refractivity contribution in [2.45, 2.75) is 20.0 Å². The van der Waals surface area contributed by atoms with Crippen molar-refractivity contribution in [2.75, 3.05) is 31.8 Å². The molecule has 3 heterocycles. The number of aryl methyl sites for hydroxylation is 2. The van der Waals surface area contributed by atoms with Gasteiger partial charge in [-0.3, -0.25) is 9.58 Å². The van der Waals surface area contributed by atoms with E-state index >= 15 is 0 Å². The van der Waals surface area contributed by atoms with Crippen LogP contribution < -0.4 is 15.4 Å². The zero-order valence-corrected chi connectivity index (χ0v) is 19.0. The van der Waals surface area contributed by atoms with Crippen LogP contribution in [0.25, 0.3) is 11.3 Å². The molecule has 1 aromatic carbocycles. The van der Waals surface area contributed by atoms with Gasteiger partial charge in [-0.25, -0.2) is 15.0 Å². The third-order valence-corrected chi connectivity index (χ3v) is 5.31. The van der Waals surface area contributed by atoms with Gasteiger partial charge in [0.1, 0.15) is 17.9 Å². The van der Waals surface area contributed by atoms with Crippen molar-refractivity contribution in [1.82, 2.24) is 24.6 Å². The molecule has 3 aromatic rings. The average molecular weight is 432 g/mol. The molecule has 4 rings (SSSR count). The van der Waals surface area contributed by atoms with Gasteiger partial charge in [-0.05, 0) is 19.9 Å². The number of nitrogen functional groups attached to an aromatic ring is 1. The topological polar surface area (TPSA) is 121 Å². The Morgan fingerprint density at radius 2 is 2.00 bits per heavy atom. The number of aliphatic imine (C=N–C) groups is 1. The first-order chi connectivity index (χ1) is 15.2. The molecule has 1 aliphatic rings. The highest BCUT2D eigenvalue weighted by atomic mass is 16.5. The van der Waals surface area contributed by atoms with Gasteiger partial charge >= 0.3 is 0 Å². The highest BCUT2D eigenvalue weighted by Crippen LogP contribution is 2.37. The van der Waals surface area contributed by atoms with Crippen molar-refractivity contribution in [2.24, 2.45) is 12.0 Å². The summed E-state index contributed by atoms with van der Waals surface area (Å²) in [6, 6.07) is 8.21. The van der Waals surface area contributed by atoms with Crippen LogP contribution >= 0.6 is 0 Å². The van der Waals surface area contributed by atoms with Crippen LogP contribution in [0.15, 0.2) is 29.4 Å². The van der Waals surface area contributed by atoms with Gasteiger partial charge < -0.3 is 15.4 Å². The van der Waals surface area contributed by atoms with E-state index in [4.69, 9.17) is 15.5 Å². The summed E-state index contributed by atoms with van der Waals surface area (Å²) < 4.78 is 7.67. The van der Waals surface area contributed by atoms with Crippen LogP contribution in [-0.2, 0) is 7.05 Å². The molecule has 10 heteroatoms. The molecule has 1 atom stereocenters. The lowest BCUT2D eigenvalue weighted by atomic mass is 10.1. The Kier molecular flexibility index (Phi) is 5.18. The van der Waals surface area contributed by atoms with Crippen molar-refractivity contribution in [3.05, 3.63) is 41.2 Å². The van der Waals surface area contributed by atoms with Crippen molar-refractivity contribution in [1.29, 1.82) is 5.26 Å². The Morgan fingerprint density at radius 1 is 1.25 bits per heavy atom. The molecule has 32 heavy (non-hydrogen) atoms. The van der Waals surface area contributed by atoms with Gasteiger partial charge in [-0.2, -0.15) is 10.4 Å². The van der Waals surface area contributed by atoms with E-state index in [1.54, 1.807) is 7.05 Å². The van der Waals surface area contributed by atoms with E-state index in [9.17, 15) is 5.26 Å². The third-order valence-electron chi connectivity index (χ3n) is 5.31. The molecule has 164 valence electrons. The molecule has 0 unspecified atom stereocenters. The Labute approximate surface area is 186 Å². The van der Waals surface area contributed by atoms with Crippen molar-refractivity contribution < 1.29 is 4.74 Å².